The van der Waals surface area contributed by atoms with Crippen molar-refractivity contribution in [1.82, 2.24) is 10.2 Å². The first-order valence-corrected chi connectivity index (χ1v) is 7.70. The van der Waals surface area contributed by atoms with Crippen LogP contribution in [0, 0.1) is 5.41 Å². The number of hydrogen-bond donors (Lipinski definition) is 1. The van der Waals surface area contributed by atoms with Crippen LogP contribution in [0.3, 0.4) is 0 Å². The predicted molar refractivity (Wildman–Crippen MR) is 74.3 cm³/mol. The van der Waals surface area contributed by atoms with Crippen molar-refractivity contribution in [2.45, 2.75) is 64.8 Å². The molecule has 2 nitrogen and oxygen atoms in total. The van der Waals surface area contributed by atoms with Crippen LogP contribution >= 0.6 is 0 Å². The van der Waals surface area contributed by atoms with Gasteiger partial charge in [0.2, 0.25) is 0 Å². The molecule has 1 spiro atoms. The molecule has 2 aliphatic rings. The minimum absolute atomic E-state index is 0.723. The Morgan fingerprint density at radius 1 is 1.12 bits per heavy atom. The van der Waals surface area contributed by atoms with Gasteiger partial charge >= 0.3 is 0 Å². The van der Waals surface area contributed by atoms with Gasteiger partial charge in [-0.2, -0.15) is 0 Å². The zero-order valence-corrected chi connectivity index (χ0v) is 11.8. The summed E-state index contributed by atoms with van der Waals surface area (Å²) in [4.78, 5) is 2.70. The first kappa shape index (κ1) is 13.4. The molecule has 1 saturated heterocycles. The van der Waals surface area contributed by atoms with Gasteiger partial charge in [-0.25, -0.2) is 0 Å². The van der Waals surface area contributed by atoms with Gasteiger partial charge in [0, 0.05) is 12.6 Å². The third-order valence-electron chi connectivity index (χ3n) is 5.01. The van der Waals surface area contributed by atoms with Crippen molar-refractivity contribution in [3.8, 4) is 0 Å². The van der Waals surface area contributed by atoms with Gasteiger partial charge in [-0.15, -0.1) is 0 Å². The van der Waals surface area contributed by atoms with E-state index in [1.54, 1.807) is 0 Å². The summed E-state index contributed by atoms with van der Waals surface area (Å²) in [6, 6.07) is 0.723. The molecular weight excluding hydrogens is 208 g/mol. The van der Waals surface area contributed by atoms with Crippen LogP contribution in [0.25, 0.3) is 0 Å². The van der Waals surface area contributed by atoms with Gasteiger partial charge in [-0.3, -0.25) is 4.90 Å². The van der Waals surface area contributed by atoms with Gasteiger partial charge in [0.1, 0.15) is 0 Å². The fourth-order valence-electron chi connectivity index (χ4n) is 3.68. The smallest absolute Gasteiger partial charge is 0.0192 e. The Kier molecular flexibility index (Phi) is 4.87. The van der Waals surface area contributed by atoms with Crippen LogP contribution in [0.15, 0.2) is 0 Å². The lowest BCUT2D eigenvalue weighted by molar-refractivity contribution is 0.0812. The molecule has 2 heteroatoms. The number of nitrogens with zero attached hydrogens (tertiary/aromatic N) is 1. The zero-order chi connectivity index (χ0) is 12.1. The quantitative estimate of drug-likeness (QED) is 0.741. The second-order valence-electron chi connectivity index (χ2n) is 6.30. The Morgan fingerprint density at radius 2 is 1.76 bits per heavy atom. The standard InChI is InChI=1S/C15H30N2/c1-3-10-16-13-14(2)17-11-8-15(9-12-17)6-4-5-7-15/h14,16H,3-13H2,1-2H3. The van der Waals surface area contributed by atoms with E-state index in [2.05, 4.69) is 24.1 Å². The fraction of sp³-hybridized carbons (Fsp3) is 1.00. The minimum Gasteiger partial charge on any atom is -0.315 e. The molecule has 100 valence electrons. The second-order valence-corrected chi connectivity index (χ2v) is 6.30. The lowest BCUT2D eigenvalue weighted by Crippen LogP contribution is -2.47. The SMILES string of the molecule is CCCNCC(C)N1CCC2(CCCC2)CC1. The van der Waals surface area contributed by atoms with Gasteiger partial charge in [-0.05, 0) is 64.1 Å². The Balaban J connectivity index is 1.70. The highest BCUT2D eigenvalue weighted by Crippen LogP contribution is 2.46. The Morgan fingerprint density at radius 3 is 2.35 bits per heavy atom. The van der Waals surface area contributed by atoms with Crippen LogP contribution in [-0.4, -0.2) is 37.1 Å². The van der Waals surface area contributed by atoms with E-state index in [0.29, 0.717) is 0 Å². The Hall–Kier alpha value is -0.0800. The van der Waals surface area contributed by atoms with Crippen molar-refractivity contribution in [2.24, 2.45) is 5.41 Å². The maximum Gasteiger partial charge on any atom is 0.0192 e. The summed E-state index contributed by atoms with van der Waals surface area (Å²) in [5.74, 6) is 0. The van der Waals surface area contributed by atoms with Crippen LogP contribution in [0.5, 0.6) is 0 Å². The van der Waals surface area contributed by atoms with Crippen LogP contribution in [-0.2, 0) is 0 Å². The number of rotatable bonds is 5. The average Bonchev–Trinajstić information content (AvgIpc) is 2.79. The minimum atomic E-state index is 0.723. The van der Waals surface area contributed by atoms with Crippen LogP contribution in [0.2, 0.25) is 0 Å². The molecule has 0 radical (unpaired) electrons. The van der Waals surface area contributed by atoms with E-state index >= 15 is 0 Å². The molecule has 0 amide bonds. The van der Waals surface area contributed by atoms with Gasteiger partial charge in [-0.1, -0.05) is 19.8 Å². The van der Waals surface area contributed by atoms with Gasteiger partial charge in [0.25, 0.3) is 0 Å². The highest BCUT2D eigenvalue weighted by Gasteiger charge is 2.37. The van der Waals surface area contributed by atoms with Gasteiger partial charge in [0.15, 0.2) is 0 Å². The fourth-order valence-corrected chi connectivity index (χ4v) is 3.68. The van der Waals surface area contributed by atoms with E-state index in [9.17, 15) is 0 Å². The van der Waals surface area contributed by atoms with Gasteiger partial charge < -0.3 is 5.32 Å². The van der Waals surface area contributed by atoms with E-state index in [1.807, 2.05) is 0 Å². The van der Waals surface area contributed by atoms with Crippen molar-refractivity contribution >= 4 is 0 Å². The van der Waals surface area contributed by atoms with Crippen molar-refractivity contribution in [3.63, 3.8) is 0 Å². The van der Waals surface area contributed by atoms with Crippen LogP contribution < -0.4 is 5.32 Å². The normalized spacial score (nSPS) is 26.5. The molecule has 1 heterocycles. The molecule has 1 saturated carbocycles. The number of nitrogens with one attached hydrogen (secondary N) is 1. The average molecular weight is 238 g/mol. The molecule has 2 rings (SSSR count). The van der Waals surface area contributed by atoms with Crippen molar-refractivity contribution in [1.29, 1.82) is 0 Å². The van der Waals surface area contributed by atoms with Crippen molar-refractivity contribution in [2.75, 3.05) is 26.2 Å². The highest BCUT2D eigenvalue weighted by atomic mass is 15.2. The Bertz CT molecular complexity index is 211. The zero-order valence-electron chi connectivity index (χ0n) is 11.8. The van der Waals surface area contributed by atoms with E-state index in [4.69, 9.17) is 0 Å². The molecule has 0 bridgehead atoms. The summed E-state index contributed by atoms with van der Waals surface area (Å²) in [6.07, 6.45) is 10.2. The molecule has 1 N–H and O–H groups in total. The lowest BCUT2D eigenvalue weighted by atomic mass is 9.77. The van der Waals surface area contributed by atoms with Crippen LogP contribution in [0.4, 0.5) is 0 Å². The first-order valence-electron chi connectivity index (χ1n) is 7.70. The third-order valence-corrected chi connectivity index (χ3v) is 5.01. The molecule has 0 aromatic carbocycles. The molecule has 2 fully saturated rings. The van der Waals surface area contributed by atoms with E-state index in [-0.39, 0.29) is 0 Å². The van der Waals surface area contributed by atoms with Crippen LogP contribution in [0.1, 0.15) is 58.8 Å². The van der Waals surface area contributed by atoms with Crippen molar-refractivity contribution < 1.29 is 0 Å². The molecule has 1 unspecified atom stereocenters. The highest BCUT2D eigenvalue weighted by molar-refractivity contribution is 4.90. The predicted octanol–water partition coefficient (Wildman–Crippen LogP) is 3.03. The summed E-state index contributed by atoms with van der Waals surface area (Å²) < 4.78 is 0. The van der Waals surface area contributed by atoms with Gasteiger partial charge in [0.05, 0.1) is 0 Å². The molecule has 1 aliphatic carbocycles. The molecule has 1 atom stereocenters. The third kappa shape index (κ3) is 3.45. The second kappa shape index (κ2) is 6.19. The molecule has 0 aromatic rings. The maximum absolute atomic E-state index is 3.55. The summed E-state index contributed by atoms with van der Waals surface area (Å²) in [7, 11) is 0. The van der Waals surface area contributed by atoms with E-state index < -0.39 is 0 Å². The molecule has 0 aromatic heterocycles. The van der Waals surface area contributed by atoms with E-state index in [0.717, 1.165) is 11.5 Å². The first-order chi connectivity index (χ1) is 8.26. The summed E-state index contributed by atoms with van der Waals surface area (Å²) in [5, 5.41) is 3.55. The summed E-state index contributed by atoms with van der Waals surface area (Å²) >= 11 is 0. The lowest BCUT2D eigenvalue weighted by Gasteiger charge is -2.42. The number of piperidine rings is 1. The Labute approximate surface area is 107 Å². The molecule has 1 aliphatic heterocycles. The van der Waals surface area contributed by atoms with E-state index in [1.165, 1.54) is 71.1 Å². The molecular formula is C15H30N2. The maximum atomic E-state index is 3.55. The topological polar surface area (TPSA) is 15.3 Å². The summed E-state index contributed by atoms with van der Waals surface area (Å²) in [6.45, 7) is 9.64. The number of hydrogen-bond acceptors (Lipinski definition) is 2. The summed E-state index contributed by atoms with van der Waals surface area (Å²) in [5.41, 5.74) is 0.771. The number of likely N-dealkylation sites (tertiary alicyclic amines) is 1. The largest absolute Gasteiger partial charge is 0.315 e. The molecule has 17 heavy (non-hydrogen) atoms. The van der Waals surface area contributed by atoms with Crippen molar-refractivity contribution in [3.05, 3.63) is 0 Å². The monoisotopic (exact) mass is 238 g/mol.